The van der Waals surface area contributed by atoms with Crippen LogP contribution in [0.15, 0.2) is 29.9 Å². The van der Waals surface area contributed by atoms with Crippen LogP contribution in [0.2, 0.25) is 0 Å². The average Bonchev–Trinajstić information content (AvgIpc) is 2.92. The van der Waals surface area contributed by atoms with E-state index >= 15 is 0 Å². The first-order valence-electron chi connectivity index (χ1n) is 6.36. The Balaban J connectivity index is 2.31. The van der Waals surface area contributed by atoms with Crippen LogP contribution in [-0.2, 0) is 0 Å². The van der Waals surface area contributed by atoms with Crippen molar-refractivity contribution in [2.45, 2.75) is 32.6 Å². The molecule has 1 aromatic heterocycles. The highest BCUT2D eigenvalue weighted by molar-refractivity contribution is 7.09. The van der Waals surface area contributed by atoms with Gasteiger partial charge in [-0.2, -0.15) is 8.78 Å². The van der Waals surface area contributed by atoms with E-state index in [-0.39, 0.29) is 23.6 Å². The topological polar surface area (TPSA) is 57.4 Å². The number of rotatable bonds is 6. The molecule has 0 radical (unpaired) electrons. The van der Waals surface area contributed by atoms with Crippen molar-refractivity contribution < 1.29 is 18.3 Å². The molecule has 0 fully saturated rings. The average molecular weight is 314 g/mol. The van der Waals surface area contributed by atoms with Gasteiger partial charge in [0.25, 0.3) is 0 Å². The molecule has 1 atom stereocenters. The second-order valence-corrected chi connectivity index (χ2v) is 5.55. The molecule has 0 amide bonds. The van der Waals surface area contributed by atoms with Crippen molar-refractivity contribution in [1.29, 1.82) is 0 Å². The number of hydrogen-bond donors (Lipinski definition) is 1. The van der Waals surface area contributed by atoms with Gasteiger partial charge in [0, 0.05) is 11.1 Å². The lowest BCUT2D eigenvalue weighted by Crippen LogP contribution is -2.13. The van der Waals surface area contributed by atoms with Crippen LogP contribution in [0.4, 0.5) is 8.78 Å². The fraction of sp³-hybridized carbons (Fsp3) is 0.357. The van der Waals surface area contributed by atoms with Crippen molar-refractivity contribution in [3.05, 3.63) is 40.3 Å². The van der Waals surface area contributed by atoms with Gasteiger partial charge in [-0.1, -0.05) is 6.07 Å². The van der Waals surface area contributed by atoms with Crippen molar-refractivity contribution in [3.8, 4) is 11.5 Å². The molecule has 0 aliphatic rings. The van der Waals surface area contributed by atoms with E-state index in [2.05, 4.69) is 9.72 Å². The number of benzene rings is 1. The Bertz CT molecular complexity index is 576. The molecule has 0 aliphatic heterocycles. The third kappa shape index (κ3) is 4.12. The van der Waals surface area contributed by atoms with Crippen LogP contribution in [0, 0.1) is 0 Å². The maximum Gasteiger partial charge on any atom is 0.387 e. The SMILES string of the molecule is CC(C)Oc1cc(C(N)c2cncs2)ccc1OC(F)F. The fourth-order valence-electron chi connectivity index (χ4n) is 1.80. The number of thiazole rings is 1. The lowest BCUT2D eigenvalue weighted by molar-refractivity contribution is -0.0519. The largest absolute Gasteiger partial charge is 0.487 e. The summed E-state index contributed by atoms with van der Waals surface area (Å²) in [5.74, 6) is 0.252. The minimum absolute atomic E-state index is 0.000968. The summed E-state index contributed by atoms with van der Waals surface area (Å²) in [6.07, 6.45) is 1.52. The summed E-state index contributed by atoms with van der Waals surface area (Å²) in [4.78, 5) is 4.86. The summed E-state index contributed by atoms with van der Waals surface area (Å²) in [6, 6.07) is 4.34. The highest BCUT2D eigenvalue weighted by atomic mass is 32.1. The second kappa shape index (κ2) is 6.82. The molecule has 21 heavy (non-hydrogen) atoms. The van der Waals surface area contributed by atoms with Gasteiger partial charge in [-0.05, 0) is 31.5 Å². The van der Waals surface area contributed by atoms with Crippen LogP contribution in [0.25, 0.3) is 0 Å². The summed E-state index contributed by atoms with van der Waals surface area (Å²) in [6.45, 7) is 0.713. The zero-order valence-electron chi connectivity index (χ0n) is 11.6. The van der Waals surface area contributed by atoms with E-state index in [1.807, 2.05) is 13.8 Å². The molecule has 2 aromatic rings. The maximum atomic E-state index is 12.4. The summed E-state index contributed by atoms with van der Waals surface area (Å²) < 4.78 is 34.8. The van der Waals surface area contributed by atoms with Gasteiger partial charge in [-0.3, -0.25) is 4.98 Å². The lowest BCUT2D eigenvalue weighted by Gasteiger charge is -2.17. The van der Waals surface area contributed by atoms with Crippen LogP contribution in [0.3, 0.4) is 0 Å². The molecule has 1 heterocycles. The van der Waals surface area contributed by atoms with Crippen molar-refractivity contribution in [2.75, 3.05) is 0 Å². The Morgan fingerprint density at radius 2 is 1.95 bits per heavy atom. The van der Waals surface area contributed by atoms with Crippen molar-refractivity contribution >= 4 is 11.3 Å². The Labute approximate surface area is 125 Å². The predicted molar refractivity (Wildman–Crippen MR) is 77.0 cm³/mol. The number of aromatic nitrogens is 1. The normalized spacial score (nSPS) is 12.7. The van der Waals surface area contributed by atoms with E-state index in [0.717, 1.165) is 10.4 Å². The van der Waals surface area contributed by atoms with Crippen LogP contribution in [0.5, 0.6) is 11.5 Å². The van der Waals surface area contributed by atoms with Gasteiger partial charge in [0.15, 0.2) is 11.5 Å². The van der Waals surface area contributed by atoms with Crippen molar-refractivity contribution in [3.63, 3.8) is 0 Å². The van der Waals surface area contributed by atoms with E-state index in [1.54, 1.807) is 23.8 Å². The van der Waals surface area contributed by atoms with Gasteiger partial charge in [-0.25, -0.2) is 0 Å². The van der Waals surface area contributed by atoms with E-state index in [4.69, 9.17) is 10.5 Å². The molecule has 0 saturated carbocycles. The highest BCUT2D eigenvalue weighted by Crippen LogP contribution is 2.34. The van der Waals surface area contributed by atoms with Crippen molar-refractivity contribution in [2.24, 2.45) is 5.73 Å². The zero-order valence-corrected chi connectivity index (χ0v) is 12.4. The van der Waals surface area contributed by atoms with E-state index < -0.39 is 6.61 Å². The monoisotopic (exact) mass is 314 g/mol. The molecule has 0 bridgehead atoms. The van der Waals surface area contributed by atoms with E-state index in [0.29, 0.717) is 0 Å². The molecule has 1 aromatic carbocycles. The number of ether oxygens (including phenoxy) is 2. The number of nitrogens with two attached hydrogens (primary N) is 1. The van der Waals surface area contributed by atoms with Gasteiger partial charge in [0.2, 0.25) is 0 Å². The van der Waals surface area contributed by atoms with Crippen LogP contribution in [-0.4, -0.2) is 17.7 Å². The Kier molecular flexibility index (Phi) is 5.08. The van der Waals surface area contributed by atoms with Gasteiger partial charge in [0.05, 0.1) is 17.7 Å². The quantitative estimate of drug-likeness (QED) is 0.885. The summed E-state index contributed by atoms with van der Waals surface area (Å²) >= 11 is 1.43. The Morgan fingerprint density at radius 1 is 1.19 bits per heavy atom. The van der Waals surface area contributed by atoms with Crippen LogP contribution >= 0.6 is 11.3 Å². The summed E-state index contributed by atoms with van der Waals surface area (Å²) in [5, 5.41) is 0. The predicted octanol–water partition coefficient (Wildman–Crippen LogP) is 3.58. The minimum Gasteiger partial charge on any atom is -0.487 e. The Morgan fingerprint density at radius 3 is 2.52 bits per heavy atom. The smallest absolute Gasteiger partial charge is 0.387 e. The van der Waals surface area contributed by atoms with E-state index in [9.17, 15) is 8.78 Å². The zero-order chi connectivity index (χ0) is 15.4. The third-order valence-electron chi connectivity index (χ3n) is 2.66. The van der Waals surface area contributed by atoms with Gasteiger partial charge < -0.3 is 15.2 Å². The maximum absolute atomic E-state index is 12.4. The third-order valence-corrected chi connectivity index (χ3v) is 3.52. The second-order valence-electron chi connectivity index (χ2n) is 4.63. The van der Waals surface area contributed by atoms with Gasteiger partial charge in [0.1, 0.15) is 0 Å². The number of alkyl halides is 2. The lowest BCUT2D eigenvalue weighted by atomic mass is 10.1. The van der Waals surface area contributed by atoms with E-state index in [1.165, 1.54) is 17.4 Å². The molecule has 0 spiro atoms. The first-order valence-corrected chi connectivity index (χ1v) is 7.24. The molecule has 1 unspecified atom stereocenters. The first-order chi connectivity index (χ1) is 9.97. The molecule has 0 saturated heterocycles. The number of hydrogen-bond acceptors (Lipinski definition) is 5. The van der Waals surface area contributed by atoms with Gasteiger partial charge in [-0.15, -0.1) is 11.3 Å². The first kappa shape index (κ1) is 15.7. The summed E-state index contributed by atoms with van der Waals surface area (Å²) in [5.41, 5.74) is 8.57. The number of nitrogens with zero attached hydrogens (tertiary/aromatic N) is 1. The van der Waals surface area contributed by atoms with Crippen LogP contribution < -0.4 is 15.2 Å². The fourth-order valence-corrected chi connectivity index (χ4v) is 2.45. The standard InChI is InChI=1S/C14H16F2N2O2S/c1-8(2)19-11-5-9(3-4-10(11)20-14(15)16)13(17)12-6-18-7-21-12/h3-8,13-14H,17H2,1-2H3. The highest BCUT2D eigenvalue weighted by Gasteiger charge is 2.17. The van der Waals surface area contributed by atoms with Crippen LogP contribution in [0.1, 0.15) is 30.3 Å². The number of halogens is 2. The molecule has 4 nitrogen and oxygen atoms in total. The molecule has 0 aliphatic carbocycles. The Hall–Kier alpha value is -1.73. The molecule has 114 valence electrons. The molecule has 2 rings (SSSR count). The van der Waals surface area contributed by atoms with Crippen molar-refractivity contribution in [1.82, 2.24) is 4.98 Å². The summed E-state index contributed by atoms with van der Waals surface area (Å²) in [7, 11) is 0. The molecule has 7 heteroatoms. The van der Waals surface area contributed by atoms with Gasteiger partial charge >= 0.3 is 6.61 Å². The minimum atomic E-state index is -2.90. The molecule has 2 N–H and O–H groups in total. The molecular formula is C14H16F2N2O2S. The molecular weight excluding hydrogens is 298 g/mol.